The number of anilines is 2. The van der Waals surface area contributed by atoms with Crippen LogP contribution in [0.1, 0.15) is 11.1 Å². The SMILES string of the molecule is Cc1cc(CSc2ccccc2)ccc1NC(=O)Nc1ccc(Cl)cc1. The van der Waals surface area contributed by atoms with Crippen LogP contribution in [0, 0.1) is 6.92 Å². The smallest absolute Gasteiger partial charge is 0.308 e. The molecule has 132 valence electrons. The number of rotatable bonds is 5. The summed E-state index contributed by atoms with van der Waals surface area (Å²) in [5, 5.41) is 6.31. The number of hydrogen-bond donors (Lipinski definition) is 2. The van der Waals surface area contributed by atoms with E-state index in [1.165, 1.54) is 10.5 Å². The lowest BCUT2D eigenvalue weighted by Crippen LogP contribution is -2.19. The molecule has 0 fully saturated rings. The van der Waals surface area contributed by atoms with Crippen LogP contribution in [0.4, 0.5) is 16.2 Å². The summed E-state index contributed by atoms with van der Waals surface area (Å²) in [6.07, 6.45) is 0. The van der Waals surface area contributed by atoms with Gasteiger partial charge in [-0.1, -0.05) is 41.9 Å². The van der Waals surface area contributed by atoms with Crippen LogP contribution in [0.25, 0.3) is 0 Å². The number of halogens is 1. The fourth-order valence-corrected chi connectivity index (χ4v) is 3.45. The van der Waals surface area contributed by atoms with Crippen molar-refractivity contribution >= 4 is 40.8 Å². The van der Waals surface area contributed by atoms with Gasteiger partial charge in [-0.25, -0.2) is 4.79 Å². The van der Waals surface area contributed by atoms with E-state index >= 15 is 0 Å². The normalized spacial score (nSPS) is 10.4. The fraction of sp³-hybridized carbons (Fsp3) is 0.0952. The van der Waals surface area contributed by atoms with E-state index in [0.29, 0.717) is 10.7 Å². The number of thioether (sulfide) groups is 1. The van der Waals surface area contributed by atoms with Gasteiger partial charge in [-0.3, -0.25) is 0 Å². The van der Waals surface area contributed by atoms with E-state index in [1.807, 2.05) is 37.3 Å². The van der Waals surface area contributed by atoms with Crippen LogP contribution >= 0.6 is 23.4 Å². The molecule has 0 bridgehead atoms. The number of hydrogen-bond acceptors (Lipinski definition) is 2. The van der Waals surface area contributed by atoms with Crippen LogP contribution in [0.5, 0.6) is 0 Å². The molecule has 2 N–H and O–H groups in total. The number of aryl methyl sites for hydroxylation is 1. The minimum atomic E-state index is -0.276. The first-order valence-electron chi connectivity index (χ1n) is 8.21. The molecule has 0 radical (unpaired) electrons. The zero-order valence-corrected chi connectivity index (χ0v) is 15.9. The number of carbonyl (C=O) groups is 1. The highest BCUT2D eigenvalue weighted by Gasteiger charge is 2.06. The van der Waals surface area contributed by atoms with E-state index in [2.05, 4.69) is 28.8 Å². The Kier molecular flexibility index (Phi) is 6.21. The standard InChI is InChI=1S/C21H19ClN2OS/c1-15-13-16(14-26-19-5-3-2-4-6-19)7-12-20(15)24-21(25)23-18-10-8-17(22)9-11-18/h2-13H,14H2,1H3,(H2,23,24,25). The minimum absolute atomic E-state index is 0.276. The maximum atomic E-state index is 12.2. The molecule has 0 aliphatic carbocycles. The minimum Gasteiger partial charge on any atom is -0.308 e. The molecule has 0 aromatic heterocycles. The Balaban J connectivity index is 1.58. The largest absolute Gasteiger partial charge is 0.323 e. The van der Waals surface area contributed by atoms with Crippen LogP contribution in [-0.2, 0) is 5.75 Å². The molecule has 0 heterocycles. The Bertz CT molecular complexity index is 882. The van der Waals surface area contributed by atoms with Crippen molar-refractivity contribution in [1.82, 2.24) is 0 Å². The molecule has 0 aliphatic heterocycles. The van der Waals surface area contributed by atoms with Crippen molar-refractivity contribution in [2.45, 2.75) is 17.6 Å². The average molecular weight is 383 g/mol. The van der Waals surface area contributed by atoms with Gasteiger partial charge in [-0.15, -0.1) is 11.8 Å². The molecule has 0 atom stereocenters. The van der Waals surface area contributed by atoms with Crippen LogP contribution in [0.2, 0.25) is 5.02 Å². The molecule has 3 aromatic rings. The number of amides is 2. The second-order valence-electron chi connectivity index (χ2n) is 5.84. The zero-order chi connectivity index (χ0) is 18.4. The van der Waals surface area contributed by atoms with Crippen molar-refractivity contribution in [3.8, 4) is 0 Å². The van der Waals surface area contributed by atoms with E-state index in [-0.39, 0.29) is 6.03 Å². The second kappa shape index (κ2) is 8.79. The quantitative estimate of drug-likeness (QED) is 0.489. The predicted molar refractivity (Wildman–Crippen MR) is 111 cm³/mol. The van der Waals surface area contributed by atoms with Crippen molar-refractivity contribution < 1.29 is 4.79 Å². The Morgan fingerprint density at radius 3 is 2.38 bits per heavy atom. The van der Waals surface area contributed by atoms with Crippen LogP contribution < -0.4 is 10.6 Å². The van der Waals surface area contributed by atoms with E-state index in [9.17, 15) is 4.79 Å². The molecule has 3 rings (SSSR count). The number of benzene rings is 3. The molecule has 3 nitrogen and oxygen atoms in total. The topological polar surface area (TPSA) is 41.1 Å². The van der Waals surface area contributed by atoms with E-state index < -0.39 is 0 Å². The van der Waals surface area contributed by atoms with E-state index in [0.717, 1.165) is 17.0 Å². The van der Waals surface area contributed by atoms with Crippen molar-refractivity contribution in [1.29, 1.82) is 0 Å². The summed E-state index contributed by atoms with van der Waals surface area (Å²) < 4.78 is 0. The molecule has 26 heavy (non-hydrogen) atoms. The van der Waals surface area contributed by atoms with E-state index in [4.69, 9.17) is 11.6 Å². The molecule has 0 aliphatic rings. The molecule has 0 unspecified atom stereocenters. The highest BCUT2D eigenvalue weighted by Crippen LogP contribution is 2.25. The molecule has 0 saturated heterocycles. The van der Waals surface area contributed by atoms with Gasteiger partial charge < -0.3 is 10.6 Å². The lowest BCUT2D eigenvalue weighted by molar-refractivity contribution is 0.262. The molecule has 0 spiro atoms. The molecule has 5 heteroatoms. The maximum absolute atomic E-state index is 12.2. The highest BCUT2D eigenvalue weighted by molar-refractivity contribution is 7.98. The monoisotopic (exact) mass is 382 g/mol. The summed E-state index contributed by atoms with van der Waals surface area (Å²) in [7, 11) is 0. The second-order valence-corrected chi connectivity index (χ2v) is 7.32. The Morgan fingerprint density at radius 2 is 1.69 bits per heavy atom. The first kappa shape index (κ1) is 18.4. The van der Waals surface area contributed by atoms with Crippen molar-refractivity contribution in [2.75, 3.05) is 10.6 Å². The third-order valence-corrected chi connectivity index (χ3v) is 5.12. The van der Waals surface area contributed by atoms with Gasteiger partial charge in [0, 0.05) is 27.0 Å². The number of carbonyl (C=O) groups excluding carboxylic acids is 1. The van der Waals surface area contributed by atoms with Gasteiger partial charge in [0.05, 0.1) is 0 Å². The van der Waals surface area contributed by atoms with Crippen LogP contribution in [-0.4, -0.2) is 6.03 Å². The molecule has 2 amide bonds. The third-order valence-electron chi connectivity index (χ3n) is 3.79. The lowest BCUT2D eigenvalue weighted by Gasteiger charge is -2.11. The van der Waals surface area contributed by atoms with Crippen LogP contribution in [0.15, 0.2) is 77.7 Å². The van der Waals surface area contributed by atoms with Gasteiger partial charge in [0.2, 0.25) is 0 Å². The Morgan fingerprint density at radius 1 is 0.962 bits per heavy atom. The Hall–Kier alpha value is -2.43. The first-order chi connectivity index (χ1) is 12.6. The summed E-state index contributed by atoms with van der Waals surface area (Å²) in [4.78, 5) is 13.4. The van der Waals surface area contributed by atoms with Crippen molar-refractivity contribution in [2.24, 2.45) is 0 Å². The highest BCUT2D eigenvalue weighted by atomic mass is 35.5. The summed E-state index contributed by atoms with van der Waals surface area (Å²) in [6.45, 7) is 1.99. The molecular weight excluding hydrogens is 364 g/mol. The zero-order valence-electron chi connectivity index (χ0n) is 14.3. The van der Waals surface area contributed by atoms with Gasteiger partial charge in [-0.2, -0.15) is 0 Å². The summed E-state index contributed by atoms with van der Waals surface area (Å²) in [5.74, 6) is 0.891. The average Bonchev–Trinajstić information content (AvgIpc) is 2.65. The molecule has 3 aromatic carbocycles. The lowest BCUT2D eigenvalue weighted by atomic mass is 10.1. The first-order valence-corrected chi connectivity index (χ1v) is 9.57. The van der Waals surface area contributed by atoms with Gasteiger partial charge in [-0.05, 0) is 60.5 Å². The van der Waals surface area contributed by atoms with Crippen LogP contribution in [0.3, 0.4) is 0 Å². The maximum Gasteiger partial charge on any atom is 0.323 e. The summed E-state index contributed by atoms with van der Waals surface area (Å²) in [6, 6.07) is 23.1. The van der Waals surface area contributed by atoms with Gasteiger partial charge in [0.15, 0.2) is 0 Å². The number of nitrogens with one attached hydrogen (secondary N) is 2. The van der Waals surface area contributed by atoms with Crippen molar-refractivity contribution in [3.05, 3.63) is 88.9 Å². The van der Waals surface area contributed by atoms with Gasteiger partial charge in [0.1, 0.15) is 0 Å². The van der Waals surface area contributed by atoms with Crippen molar-refractivity contribution in [3.63, 3.8) is 0 Å². The van der Waals surface area contributed by atoms with Gasteiger partial charge >= 0.3 is 6.03 Å². The summed E-state index contributed by atoms with van der Waals surface area (Å²) in [5.41, 5.74) is 3.74. The van der Waals surface area contributed by atoms with E-state index in [1.54, 1.807) is 36.0 Å². The number of urea groups is 1. The molecular formula is C21H19ClN2OS. The molecule has 0 saturated carbocycles. The fourth-order valence-electron chi connectivity index (χ4n) is 2.46. The van der Waals surface area contributed by atoms with Gasteiger partial charge in [0.25, 0.3) is 0 Å². The Labute approximate surface area is 162 Å². The third kappa shape index (κ3) is 5.28. The predicted octanol–water partition coefficient (Wildman–Crippen LogP) is 6.58. The summed E-state index contributed by atoms with van der Waals surface area (Å²) >= 11 is 7.64.